The molecule has 1 saturated carbocycles. The van der Waals surface area contributed by atoms with E-state index in [-0.39, 0.29) is 41.4 Å². The number of carbonyl (C=O) groups excluding carboxylic acids is 1. The van der Waals surface area contributed by atoms with Crippen LogP contribution in [0.2, 0.25) is 0 Å². The zero-order valence-electron chi connectivity index (χ0n) is 18.7. The van der Waals surface area contributed by atoms with E-state index in [0.29, 0.717) is 24.6 Å². The van der Waals surface area contributed by atoms with Gasteiger partial charge in [0.25, 0.3) is 0 Å². The number of nitrogens with zero attached hydrogens (tertiary/aromatic N) is 2. The molecule has 0 aromatic carbocycles. The van der Waals surface area contributed by atoms with Crippen LogP contribution in [0.15, 0.2) is 4.99 Å². The molecule has 1 saturated heterocycles. The normalized spacial score (nSPS) is 27.0. The van der Waals surface area contributed by atoms with Gasteiger partial charge < -0.3 is 25.0 Å². The van der Waals surface area contributed by atoms with Crippen molar-refractivity contribution in [1.82, 2.24) is 15.5 Å². The molecule has 2 aliphatic rings. The van der Waals surface area contributed by atoms with Crippen LogP contribution in [0.1, 0.15) is 48.0 Å². The zero-order valence-corrected chi connectivity index (χ0v) is 21.0. The van der Waals surface area contributed by atoms with Crippen molar-refractivity contribution in [3.05, 3.63) is 0 Å². The molecule has 1 heterocycles. The molecule has 2 rings (SSSR count). The molecule has 1 aliphatic carbocycles. The molecule has 0 bridgehead atoms. The third kappa shape index (κ3) is 6.11. The van der Waals surface area contributed by atoms with E-state index in [2.05, 4.69) is 36.4 Å². The minimum Gasteiger partial charge on any atom is -0.444 e. The Morgan fingerprint density at radius 2 is 2.04 bits per heavy atom. The van der Waals surface area contributed by atoms with Crippen molar-refractivity contribution in [3.8, 4) is 0 Å². The number of guanidine groups is 1. The van der Waals surface area contributed by atoms with Gasteiger partial charge in [0.1, 0.15) is 5.60 Å². The van der Waals surface area contributed by atoms with Gasteiger partial charge in [0.15, 0.2) is 5.96 Å². The van der Waals surface area contributed by atoms with Gasteiger partial charge in [-0.1, -0.05) is 20.8 Å². The van der Waals surface area contributed by atoms with Gasteiger partial charge >= 0.3 is 6.09 Å². The Bertz CT molecular complexity index is 562. The average Bonchev–Trinajstić information content (AvgIpc) is 3.00. The number of hydrogen-bond donors (Lipinski definition) is 2. The Hall–Kier alpha value is -0.770. The standard InChI is InChI=1S/C20H38N4O3.HI/c1-13(12-24(8)18(25)27-19(2,3)4)11-22-17(21-7)23-15-14-9-10-26-16(14)20(15,5)6;/h13-16H,9-12H2,1-8H3,(H2,21,22,23);1H. The first-order valence-corrected chi connectivity index (χ1v) is 9.98. The van der Waals surface area contributed by atoms with Crippen LogP contribution in [0, 0.1) is 17.3 Å². The fraction of sp³-hybridized carbons (Fsp3) is 0.900. The van der Waals surface area contributed by atoms with Crippen molar-refractivity contribution < 1.29 is 14.3 Å². The van der Waals surface area contributed by atoms with Crippen molar-refractivity contribution in [1.29, 1.82) is 0 Å². The summed E-state index contributed by atoms with van der Waals surface area (Å²) >= 11 is 0. The number of aliphatic imine (C=N–C) groups is 1. The second-order valence-electron chi connectivity index (χ2n) is 9.61. The van der Waals surface area contributed by atoms with E-state index in [4.69, 9.17) is 9.47 Å². The SMILES string of the molecule is CN=C(NCC(C)CN(C)C(=O)OC(C)(C)C)NC1C2CCOC2C1(C)C.I. The van der Waals surface area contributed by atoms with Crippen LogP contribution in [0.3, 0.4) is 0 Å². The monoisotopic (exact) mass is 510 g/mol. The highest BCUT2D eigenvalue weighted by Gasteiger charge is 2.59. The lowest BCUT2D eigenvalue weighted by atomic mass is 9.57. The summed E-state index contributed by atoms with van der Waals surface area (Å²) in [6.07, 6.45) is 1.18. The van der Waals surface area contributed by atoms with Gasteiger partial charge in [0.2, 0.25) is 0 Å². The van der Waals surface area contributed by atoms with Gasteiger partial charge in [-0.15, -0.1) is 24.0 Å². The number of halogens is 1. The molecule has 4 unspecified atom stereocenters. The van der Waals surface area contributed by atoms with Crippen molar-refractivity contribution in [3.63, 3.8) is 0 Å². The molecule has 0 spiro atoms. The summed E-state index contributed by atoms with van der Waals surface area (Å²) < 4.78 is 11.3. The van der Waals surface area contributed by atoms with E-state index in [0.717, 1.165) is 25.5 Å². The van der Waals surface area contributed by atoms with E-state index in [1.165, 1.54) is 0 Å². The lowest BCUT2D eigenvalue weighted by Crippen LogP contribution is -2.68. The highest BCUT2D eigenvalue weighted by molar-refractivity contribution is 14.0. The average molecular weight is 510 g/mol. The Balaban J connectivity index is 0.00000392. The number of amides is 1. The van der Waals surface area contributed by atoms with Gasteiger partial charge in [-0.25, -0.2) is 4.79 Å². The molecule has 28 heavy (non-hydrogen) atoms. The number of hydrogen-bond acceptors (Lipinski definition) is 4. The van der Waals surface area contributed by atoms with Crippen LogP contribution in [-0.2, 0) is 9.47 Å². The van der Waals surface area contributed by atoms with Crippen molar-refractivity contribution >= 4 is 36.0 Å². The Morgan fingerprint density at radius 1 is 1.39 bits per heavy atom. The molecule has 2 fully saturated rings. The second kappa shape index (κ2) is 9.82. The quantitative estimate of drug-likeness (QED) is 0.338. The predicted molar refractivity (Wildman–Crippen MR) is 123 cm³/mol. The number of carbonyl (C=O) groups is 1. The fourth-order valence-corrected chi connectivity index (χ4v) is 4.18. The number of rotatable bonds is 5. The van der Waals surface area contributed by atoms with E-state index < -0.39 is 5.60 Å². The predicted octanol–water partition coefficient (Wildman–Crippen LogP) is 3.09. The van der Waals surface area contributed by atoms with E-state index >= 15 is 0 Å². The lowest BCUT2D eigenvalue weighted by molar-refractivity contribution is -0.106. The summed E-state index contributed by atoms with van der Waals surface area (Å²) in [5.74, 6) is 1.64. The summed E-state index contributed by atoms with van der Waals surface area (Å²) in [6, 6.07) is 0.371. The Kier molecular flexibility index (Phi) is 8.86. The molecule has 0 aromatic heterocycles. The third-order valence-corrected chi connectivity index (χ3v) is 5.52. The molecule has 2 N–H and O–H groups in total. The first kappa shape index (κ1) is 25.3. The lowest BCUT2D eigenvalue weighted by Gasteiger charge is -2.54. The van der Waals surface area contributed by atoms with Crippen LogP contribution in [0.5, 0.6) is 0 Å². The van der Waals surface area contributed by atoms with Crippen LogP contribution < -0.4 is 10.6 Å². The summed E-state index contributed by atoms with van der Waals surface area (Å²) in [7, 11) is 3.57. The molecule has 4 atom stereocenters. The van der Waals surface area contributed by atoms with E-state index in [9.17, 15) is 4.79 Å². The summed E-state index contributed by atoms with van der Waals surface area (Å²) in [5, 5.41) is 6.98. The van der Waals surface area contributed by atoms with Gasteiger partial charge in [-0.3, -0.25) is 4.99 Å². The van der Waals surface area contributed by atoms with Crippen molar-refractivity contribution in [2.75, 3.05) is 33.8 Å². The largest absolute Gasteiger partial charge is 0.444 e. The molecular formula is C20H39IN4O3. The summed E-state index contributed by atoms with van der Waals surface area (Å²) in [6.45, 7) is 14.4. The minimum absolute atomic E-state index is 0. The van der Waals surface area contributed by atoms with Crippen LogP contribution >= 0.6 is 24.0 Å². The van der Waals surface area contributed by atoms with Crippen LogP contribution in [0.25, 0.3) is 0 Å². The van der Waals surface area contributed by atoms with Gasteiger partial charge in [-0.05, 0) is 33.1 Å². The maximum Gasteiger partial charge on any atom is 0.410 e. The molecule has 1 aliphatic heterocycles. The number of fused-ring (bicyclic) bond motifs is 1. The molecule has 8 heteroatoms. The van der Waals surface area contributed by atoms with E-state index in [1.807, 2.05) is 20.8 Å². The van der Waals surface area contributed by atoms with Gasteiger partial charge in [0.05, 0.1) is 6.10 Å². The Morgan fingerprint density at radius 3 is 2.61 bits per heavy atom. The maximum absolute atomic E-state index is 12.1. The van der Waals surface area contributed by atoms with Crippen molar-refractivity contribution in [2.45, 2.75) is 65.7 Å². The van der Waals surface area contributed by atoms with Crippen molar-refractivity contribution in [2.24, 2.45) is 22.2 Å². The minimum atomic E-state index is -0.476. The second-order valence-corrected chi connectivity index (χ2v) is 9.61. The third-order valence-electron chi connectivity index (χ3n) is 5.52. The molecule has 0 aromatic rings. The molecule has 1 amide bonds. The Labute approximate surface area is 187 Å². The fourth-order valence-electron chi connectivity index (χ4n) is 4.18. The first-order valence-electron chi connectivity index (χ1n) is 9.98. The summed E-state index contributed by atoms with van der Waals surface area (Å²) in [4.78, 5) is 18.1. The zero-order chi connectivity index (χ0) is 20.4. The molecule has 164 valence electrons. The topological polar surface area (TPSA) is 75.2 Å². The highest BCUT2D eigenvalue weighted by Crippen LogP contribution is 2.52. The first-order chi connectivity index (χ1) is 12.5. The molecular weight excluding hydrogens is 471 g/mol. The highest BCUT2D eigenvalue weighted by atomic mass is 127. The molecule has 7 nitrogen and oxygen atoms in total. The number of nitrogens with one attached hydrogen (secondary N) is 2. The number of ether oxygens (including phenoxy) is 2. The smallest absolute Gasteiger partial charge is 0.410 e. The van der Waals surface area contributed by atoms with Gasteiger partial charge in [0, 0.05) is 51.2 Å². The van der Waals surface area contributed by atoms with Gasteiger partial charge in [-0.2, -0.15) is 0 Å². The van der Waals surface area contributed by atoms with Crippen LogP contribution in [-0.4, -0.2) is 68.5 Å². The maximum atomic E-state index is 12.1. The summed E-state index contributed by atoms with van der Waals surface area (Å²) in [5.41, 5.74) is -0.364. The molecule has 0 radical (unpaired) electrons. The van der Waals surface area contributed by atoms with E-state index in [1.54, 1.807) is 19.0 Å². The van der Waals surface area contributed by atoms with Crippen LogP contribution in [0.4, 0.5) is 4.79 Å².